The smallest absolute Gasteiger partial charge is 0.261 e. The lowest BCUT2D eigenvalue weighted by Crippen LogP contribution is -2.24. The maximum atomic E-state index is 12.6. The highest BCUT2D eigenvalue weighted by Gasteiger charge is 2.33. The molecule has 1 aliphatic heterocycles. The summed E-state index contributed by atoms with van der Waals surface area (Å²) >= 11 is 0. The number of nitrogens with one attached hydrogen (secondary N) is 1. The largest absolute Gasteiger partial charge is 0.457 e. The number of imide groups is 1. The number of hydrogen-bond donors (Lipinski definition) is 1. The lowest BCUT2D eigenvalue weighted by Gasteiger charge is -2.09. The zero-order chi connectivity index (χ0) is 19.7. The molecule has 3 amide bonds. The van der Waals surface area contributed by atoms with Crippen molar-refractivity contribution in [3.05, 3.63) is 89.5 Å². The molecular weight excluding hydrogens is 356 g/mol. The van der Waals surface area contributed by atoms with E-state index in [-0.39, 0.29) is 17.4 Å². The van der Waals surface area contributed by atoms with Gasteiger partial charge in [-0.05, 0) is 42.5 Å². The van der Waals surface area contributed by atoms with E-state index in [4.69, 9.17) is 4.74 Å². The van der Waals surface area contributed by atoms with Crippen LogP contribution in [0.25, 0.3) is 0 Å². The third kappa shape index (κ3) is 3.23. The fourth-order valence-corrected chi connectivity index (χ4v) is 2.97. The number of amides is 3. The summed E-state index contributed by atoms with van der Waals surface area (Å²) in [5, 5.41) is 2.78. The van der Waals surface area contributed by atoms with Gasteiger partial charge in [0.1, 0.15) is 11.5 Å². The molecule has 3 aromatic carbocycles. The van der Waals surface area contributed by atoms with Crippen molar-refractivity contribution in [1.82, 2.24) is 4.90 Å². The molecule has 0 spiro atoms. The number of rotatable bonds is 4. The quantitative estimate of drug-likeness (QED) is 0.704. The Labute approximate surface area is 161 Å². The van der Waals surface area contributed by atoms with Crippen molar-refractivity contribution in [3.63, 3.8) is 0 Å². The van der Waals surface area contributed by atoms with Gasteiger partial charge in [-0.3, -0.25) is 19.3 Å². The fourth-order valence-electron chi connectivity index (χ4n) is 2.97. The molecule has 138 valence electrons. The van der Waals surface area contributed by atoms with Crippen LogP contribution in [-0.4, -0.2) is 29.7 Å². The van der Waals surface area contributed by atoms with E-state index in [9.17, 15) is 14.4 Å². The predicted octanol–water partition coefficient (Wildman–Crippen LogP) is 3.96. The van der Waals surface area contributed by atoms with E-state index in [1.54, 1.807) is 24.3 Å². The number of carbonyl (C=O) groups is 3. The number of hydrogen-bond acceptors (Lipinski definition) is 4. The van der Waals surface area contributed by atoms with Crippen molar-refractivity contribution < 1.29 is 19.1 Å². The van der Waals surface area contributed by atoms with E-state index in [0.717, 1.165) is 4.90 Å². The molecule has 0 saturated heterocycles. The van der Waals surface area contributed by atoms with Gasteiger partial charge >= 0.3 is 0 Å². The normalized spacial score (nSPS) is 12.7. The molecule has 3 aromatic rings. The molecule has 0 radical (unpaired) electrons. The standard InChI is InChI=1S/C22H16N2O4/c1-24-21(26)18-11-10-14(12-19(18)22(24)27)20(25)23-15-6-5-9-17(13-15)28-16-7-3-2-4-8-16/h2-13H,1H3,(H,23,25). The van der Waals surface area contributed by atoms with Crippen molar-refractivity contribution in [2.75, 3.05) is 12.4 Å². The molecule has 0 saturated carbocycles. The van der Waals surface area contributed by atoms with Crippen LogP contribution in [0.2, 0.25) is 0 Å². The molecule has 28 heavy (non-hydrogen) atoms. The van der Waals surface area contributed by atoms with Gasteiger partial charge in [0.15, 0.2) is 0 Å². The van der Waals surface area contributed by atoms with Gasteiger partial charge in [-0.2, -0.15) is 0 Å². The third-order valence-corrected chi connectivity index (χ3v) is 4.42. The molecule has 1 aliphatic rings. The molecule has 1 heterocycles. The summed E-state index contributed by atoms with van der Waals surface area (Å²) in [7, 11) is 1.42. The summed E-state index contributed by atoms with van der Waals surface area (Å²) in [6.45, 7) is 0. The average molecular weight is 372 g/mol. The van der Waals surface area contributed by atoms with Gasteiger partial charge in [-0.15, -0.1) is 0 Å². The second-order valence-corrected chi connectivity index (χ2v) is 6.33. The minimum absolute atomic E-state index is 0.237. The Balaban J connectivity index is 1.53. The molecular formula is C22H16N2O4. The van der Waals surface area contributed by atoms with Crippen molar-refractivity contribution in [2.45, 2.75) is 0 Å². The van der Waals surface area contributed by atoms with Crippen molar-refractivity contribution >= 4 is 23.4 Å². The number of benzene rings is 3. The molecule has 4 rings (SSSR count). The van der Waals surface area contributed by atoms with Gasteiger partial charge in [0, 0.05) is 24.4 Å². The monoisotopic (exact) mass is 372 g/mol. The number of carbonyl (C=O) groups excluding carboxylic acids is 3. The zero-order valence-corrected chi connectivity index (χ0v) is 15.0. The van der Waals surface area contributed by atoms with Crippen molar-refractivity contribution in [2.24, 2.45) is 0 Å². The van der Waals surface area contributed by atoms with E-state index < -0.39 is 5.91 Å². The predicted molar refractivity (Wildman–Crippen MR) is 104 cm³/mol. The van der Waals surface area contributed by atoms with Crippen molar-refractivity contribution in [3.8, 4) is 11.5 Å². The summed E-state index contributed by atoms with van der Waals surface area (Å²) in [4.78, 5) is 37.7. The number of ether oxygens (including phenoxy) is 1. The van der Waals surface area contributed by atoms with Gasteiger partial charge in [-0.25, -0.2) is 0 Å². The first-order valence-electron chi connectivity index (χ1n) is 8.64. The Morgan fingerprint density at radius 1 is 0.821 bits per heavy atom. The Morgan fingerprint density at radius 2 is 1.54 bits per heavy atom. The van der Waals surface area contributed by atoms with Crippen LogP contribution < -0.4 is 10.1 Å². The molecule has 0 bridgehead atoms. The van der Waals surface area contributed by atoms with Gasteiger partial charge in [0.05, 0.1) is 11.1 Å². The van der Waals surface area contributed by atoms with E-state index in [0.29, 0.717) is 28.3 Å². The van der Waals surface area contributed by atoms with Crippen LogP contribution in [0, 0.1) is 0 Å². The third-order valence-electron chi connectivity index (χ3n) is 4.42. The van der Waals surface area contributed by atoms with E-state index in [1.807, 2.05) is 30.3 Å². The van der Waals surface area contributed by atoms with Crippen molar-refractivity contribution in [1.29, 1.82) is 0 Å². The average Bonchev–Trinajstić information content (AvgIpc) is 2.93. The number of fused-ring (bicyclic) bond motifs is 1. The SMILES string of the molecule is CN1C(=O)c2ccc(C(=O)Nc3cccc(Oc4ccccc4)c3)cc2C1=O. The summed E-state index contributed by atoms with van der Waals surface area (Å²) in [5.41, 5.74) is 1.40. The Kier molecular flexibility index (Phi) is 4.37. The Hall–Kier alpha value is -3.93. The molecule has 0 unspecified atom stereocenters. The van der Waals surface area contributed by atoms with Crippen LogP contribution in [-0.2, 0) is 0 Å². The summed E-state index contributed by atoms with van der Waals surface area (Å²) in [6, 6.07) is 20.8. The lowest BCUT2D eigenvalue weighted by atomic mass is 10.1. The molecule has 0 aliphatic carbocycles. The topological polar surface area (TPSA) is 75.7 Å². The highest BCUT2D eigenvalue weighted by Crippen LogP contribution is 2.25. The van der Waals surface area contributed by atoms with Crippen LogP contribution in [0.15, 0.2) is 72.8 Å². The van der Waals surface area contributed by atoms with E-state index >= 15 is 0 Å². The van der Waals surface area contributed by atoms with Crippen LogP contribution >= 0.6 is 0 Å². The van der Waals surface area contributed by atoms with E-state index in [1.165, 1.54) is 25.2 Å². The maximum absolute atomic E-state index is 12.6. The van der Waals surface area contributed by atoms with Gasteiger partial charge in [0.25, 0.3) is 17.7 Å². The number of para-hydroxylation sites is 1. The molecule has 0 fully saturated rings. The minimum atomic E-state index is -0.409. The van der Waals surface area contributed by atoms with Gasteiger partial charge < -0.3 is 10.1 Å². The molecule has 6 heteroatoms. The Bertz CT molecular complexity index is 1090. The van der Waals surface area contributed by atoms with Gasteiger partial charge in [0.2, 0.25) is 0 Å². The molecule has 6 nitrogen and oxygen atoms in total. The van der Waals surface area contributed by atoms with Crippen LogP contribution in [0.4, 0.5) is 5.69 Å². The first-order valence-corrected chi connectivity index (χ1v) is 8.64. The second-order valence-electron chi connectivity index (χ2n) is 6.33. The molecule has 1 N–H and O–H groups in total. The highest BCUT2D eigenvalue weighted by atomic mass is 16.5. The summed E-state index contributed by atoms with van der Waals surface area (Å²) in [6.07, 6.45) is 0. The van der Waals surface area contributed by atoms with Crippen LogP contribution in [0.3, 0.4) is 0 Å². The minimum Gasteiger partial charge on any atom is -0.457 e. The lowest BCUT2D eigenvalue weighted by molar-refractivity contribution is 0.0693. The fraction of sp³-hybridized carbons (Fsp3) is 0.0455. The zero-order valence-electron chi connectivity index (χ0n) is 15.0. The summed E-state index contributed by atoms with van der Waals surface area (Å²) < 4.78 is 5.77. The second kappa shape index (κ2) is 7.00. The molecule has 0 aromatic heterocycles. The van der Waals surface area contributed by atoms with Crippen LogP contribution in [0.5, 0.6) is 11.5 Å². The van der Waals surface area contributed by atoms with Gasteiger partial charge in [-0.1, -0.05) is 24.3 Å². The number of anilines is 1. The maximum Gasteiger partial charge on any atom is 0.261 e. The first-order chi connectivity index (χ1) is 13.5. The summed E-state index contributed by atoms with van der Waals surface area (Å²) in [5.74, 6) is 0.123. The highest BCUT2D eigenvalue weighted by molar-refractivity contribution is 6.22. The Morgan fingerprint density at radius 3 is 2.32 bits per heavy atom. The number of nitrogens with zero attached hydrogens (tertiary/aromatic N) is 1. The first kappa shape index (κ1) is 17.5. The van der Waals surface area contributed by atoms with Crippen LogP contribution in [0.1, 0.15) is 31.1 Å². The molecule has 0 atom stereocenters. The van der Waals surface area contributed by atoms with E-state index in [2.05, 4.69) is 5.32 Å².